The van der Waals surface area contributed by atoms with Gasteiger partial charge in [-0.2, -0.15) is 0 Å². The van der Waals surface area contributed by atoms with Gasteiger partial charge in [-0.1, -0.05) is 0 Å². The van der Waals surface area contributed by atoms with Crippen LogP contribution in [0.15, 0.2) is 0 Å². The summed E-state index contributed by atoms with van der Waals surface area (Å²) in [6, 6.07) is 0. The molecule has 0 aromatic rings. The predicted octanol–water partition coefficient (Wildman–Crippen LogP) is -2.74. The van der Waals surface area contributed by atoms with Gasteiger partial charge in [0.15, 0.2) is 0 Å². The quantitative estimate of drug-likeness (QED) is 0.566. The summed E-state index contributed by atoms with van der Waals surface area (Å²) in [4.78, 5) is 19.0. The van der Waals surface area contributed by atoms with E-state index in [1.54, 1.807) is 0 Å². The molecule has 0 spiro atoms. The molecule has 0 saturated heterocycles. The molecule has 0 aliphatic rings. The molecule has 0 aliphatic heterocycles. The average Bonchev–Trinajstić information content (AvgIpc) is 1.61. The van der Waals surface area contributed by atoms with Crippen molar-refractivity contribution in [1.82, 2.24) is 0 Å². The Labute approximate surface area is 66.1 Å². The fraction of sp³-hybridized carbons (Fsp3) is 0.500. The zero-order valence-electron chi connectivity index (χ0n) is 4.36. The SMILES string of the molecule is O=C([O-])CCC(=O)[O-].[Pt+4]. The zero-order chi connectivity index (χ0) is 6.57. The molecule has 0 aromatic heterocycles. The Morgan fingerprint density at radius 3 is 1.33 bits per heavy atom. The standard InChI is InChI=1S/C4H6O4.Pt/c5-3(6)1-2-4(7)8;/h1-2H2,(H,5,6)(H,7,8);/q;+4/p-2. The summed E-state index contributed by atoms with van der Waals surface area (Å²) >= 11 is 0. The number of carboxylic acid groups (broad SMARTS) is 2. The van der Waals surface area contributed by atoms with Gasteiger partial charge in [-0.25, -0.2) is 0 Å². The van der Waals surface area contributed by atoms with Crippen LogP contribution in [0.25, 0.3) is 0 Å². The molecular weight excluding hydrogens is 307 g/mol. The van der Waals surface area contributed by atoms with Crippen molar-refractivity contribution in [3.8, 4) is 0 Å². The van der Waals surface area contributed by atoms with Crippen LogP contribution in [0.5, 0.6) is 0 Å². The van der Waals surface area contributed by atoms with E-state index in [9.17, 15) is 19.8 Å². The van der Waals surface area contributed by atoms with Crippen LogP contribution in [0.3, 0.4) is 0 Å². The van der Waals surface area contributed by atoms with Crippen LogP contribution in [0.1, 0.15) is 12.8 Å². The minimum Gasteiger partial charge on any atom is -0.550 e. The van der Waals surface area contributed by atoms with Crippen LogP contribution >= 0.6 is 0 Å². The first-order valence-electron chi connectivity index (χ1n) is 2.02. The molecule has 0 saturated carbocycles. The van der Waals surface area contributed by atoms with Gasteiger partial charge in [0.25, 0.3) is 0 Å². The molecule has 9 heavy (non-hydrogen) atoms. The van der Waals surface area contributed by atoms with Gasteiger partial charge in [-0.05, 0) is 12.8 Å². The van der Waals surface area contributed by atoms with Crippen molar-refractivity contribution in [3.63, 3.8) is 0 Å². The molecule has 0 aromatic carbocycles. The fourth-order valence-corrected chi connectivity index (χ4v) is 0.204. The Hall–Kier alpha value is -0.372. The van der Waals surface area contributed by atoms with E-state index in [1.807, 2.05) is 0 Å². The third-order valence-corrected chi connectivity index (χ3v) is 0.533. The fourth-order valence-electron chi connectivity index (χ4n) is 0.204. The van der Waals surface area contributed by atoms with Crippen molar-refractivity contribution < 1.29 is 40.9 Å². The van der Waals surface area contributed by atoms with Crippen molar-refractivity contribution in [2.75, 3.05) is 0 Å². The van der Waals surface area contributed by atoms with Gasteiger partial charge in [0.1, 0.15) is 0 Å². The minimum absolute atomic E-state index is 0. The van der Waals surface area contributed by atoms with Crippen LogP contribution in [-0.2, 0) is 30.7 Å². The number of carboxylic acids is 2. The van der Waals surface area contributed by atoms with E-state index in [-0.39, 0.29) is 21.1 Å². The molecule has 0 fully saturated rings. The summed E-state index contributed by atoms with van der Waals surface area (Å²) in [5, 5.41) is 19.0. The van der Waals surface area contributed by atoms with E-state index in [1.165, 1.54) is 0 Å². The van der Waals surface area contributed by atoms with E-state index in [4.69, 9.17) is 0 Å². The molecule has 0 heterocycles. The molecule has 0 aliphatic carbocycles. The second-order valence-corrected chi connectivity index (χ2v) is 1.24. The van der Waals surface area contributed by atoms with Gasteiger partial charge in [0.2, 0.25) is 0 Å². The molecule has 0 rings (SSSR count). The van der Waals surface area contributed by atoms with Gasteiger partial charge in [-0.15, -0.1) is 0 Å². The van der Waals surface area contributed by atoms with Crippen molar-refractivity contribution >= 4 is 11.9 Å². The normalized spacial score (nSPS) is 7.56. The van der Waals surface area contributed by atoms with Gasteiger partial charge in [-0.3, -0.25) is 0 Å². The van der Waals surface area contributed by atoms with E-state index < -0.39 is 24.8 Å². The van der Waals surface area contributed by atoms with Crippen molar-refractivity contribution in [2.24, 2.45) is 0 Å². The van der Waals surface area contributed by atoms with Gasteiger partial charge < -0.3 is 19.8 Å². The molecule has 0 amide bonds. The van der Waals surface area contributed by atoms with Crippen LogP contribution in [0.4, 0.5) is 0 Å². The minimum atomic E-state index is -1.37. The topological polar surface area (TPSA) is 80.3 Å². The summed E-state index contributed by atoms with van der Waals surface area (Å²) in [5.74, 6) is -2.73. The summed E-state index contributed by atoms with van der Waals surface area (Å²) in [7, 11) is 0. The van der Waals surface area contributed by atoms with Crippen molar-refractivity contribution in [3.05, 3.63) is 0 Å². The van der Waals surface area contributed by atoms with Gasteiger partial charge in [0.05, 0.1) is 0 Å². The summed E-state index contributed by atoms with van der Waals surface area (Å²) in [6.45, 7) is 0. The monoisotopic (exact) mass is 311 g/mol. The number of carbonyl (C=O) groups is 2. The number of carbonyl (C=O) groups excluding carboxylic acids is 2. The molecule has 52 valence electrons. The van der Waals surface area contributed by atoms with Gasteiger partial charge >= 0.3 is 21.1 Å². The third kappa shape index (κ3) is 11.3. The average molecular weight is 311 g/mol. The Morgan fingerprint density at radius 1 is 1.00 bits per heavy atom. The number of hydrogen-bond donors (Lipinski definition) is 0. The summed E-state index contributed by atoms with van der Waals surface area (Å²) < 4.78 is 0. The summed E-state index contributed by atoms with van der Waals surface area (Å²) in [6.07, 6.45) is -0.940. The van der Waals surface area contributed by atoms with Crippen molar-refractivity contribution in [2.45, 2.75) is 12.8 Å². The second kappa shape index (κ2) is 5.76. The third-order valence-electron chi connectivity index (χ3n) is 0.533. The van der Waals surface area contributed by atoms with Crippen molar-refractivity contribution in [1.29, 1.82) is 0 Å². The van der Waals surface area contributed by atoms with Crippen LogP contribution in [0.2, 0.25) is 0 Å². The molecule has 0 radical (unpaired) electrons. The van der Waals surface area contributed by atoms with Gasteiger partial charge in [0, 0.05) is 11.9 Å². The van der Waals surface area contributed by atoms with E-state index in [0.717, 1.165) is 0 Å². The Morgan fingerprint density at radius 2 is 1.22 bits per heavy atom. The predicted molar refractivity (Wildman–Crippen MR) is 19.2 cm³/mol. The maximum Gasteiger partial charge on any atom is 4.00 e. The Kier molecular flexibility index (Phi) is 7.31. The number of hydrogen-bond acceptors (Lipinski definition) is 4. The molecule has 0 unspecified atom stereocenters. The first kappa shape index (κ1) is 11.4. The number of rotatable bonds is 3. The van der Waals surface area contributed by atoms with E-state index in [2.05, 4.69) is 0 Å². The molecule has 0 atom stereocenters. The number of aliphatic carboxylic acids is 2. The van der Waals surface area contributed by atoms with E-state index >= 15 is 0 Å². The molecule has 5 heteroatoms. The van der Waals surface area contributed by atoms with E-state index in [0.29, 0.717) is 0 Å². The zero-order valence-corrected chi connectivity index (χ0v) is 6.64. The van der Waals surface area contributed by atoms with Crippen LogP contribution < -0.4 is 10.2 Å². The second-order valence-electron chi connectivity index (χ2n) is 1.24. The maximum atomic E-state index is 9.50. The Bertz CT molecular complexity index is 97.1. The molecular formula is C4H4O4Pt+2. The Balaban J connectivity index is 0. The van der Waals surface area contributed by atoms with Crippen LogP contribution in [0, 0.1) is 0 Å². The molecule has 0 bridgehead atoms. The summed E-state index contributed by atoms with van der Waals surface area (Å²) in [5.41, 5.74) is 0. The first-order valence-corrected chi connectivity index (χ1v) is 2.02. The first-order chi connectivity index (χ1) is 3.63. The smallest absolute Gasteiger partial charge is 0.550 e. The molecule has 0 N–H and O–H groups in total. The maximum absolute atomic E-state index is 9.50. The van der Waals surface area contributed by atoms with Crippen LogP contribution in [-0.4, -0.2) is 11.9 Å². The largest absolute Gasteiger partial charge is 4.00 e. The molecule has 4 nitrogen and oxygen atoms in total.